The van der Waals surface area contributed by atoms with Crippen molar-refractivity contribution in [2.24, 2.45) is 0 Å². The number of anilines is 12. The molecule has 112 heavy (non-hydrogen) atoms. The molecular formula is C100H68N12. The van der Waals surface area contributed by atoms with Gasteiger partial charge in [-0.05, 0) is 244 Å². The number of hydrogen-bond acceptors (Lipinski definition) is 12. The summed E-state index contributed by atoms with van der Waals surface area (Å²) in [5.41, 5.74) is 57.9. The Hall–Kier alpha value is -13.8. The molecule has 8 aromatic carbocycles. The maximum Gasteiger partial charge on any atom is 0.0717 e. The van der Waals surface area contributed by atoms with Crippen LogP contribution >= 0.6 is 0 Å². The summed E-state index contributed by atoms with van der Waals surface area (Å²) in [4.78, 5) is 46.8. The van der Waals surface area contributed by atoms with E-state index in [0.717, 1.165) is 106 Å². The van der Waals surface area contributed by atoms with Gasteiger partial charge in [-0.3, -0.25) is 39.9 Å². The molecule has 0 spiro atoms. The van der Waals surface area contributed by atoms with E-state index in [9.17, 15) is 0 Å². The van der Waals surface area contributed by atoms with E-state index in [2.05, 4.69) is 233 Å². The van der Waals surface area contributed by atoms with E-state index >= 15 is 0 Å². The fourth-order valence-corrected chi connectivity index (χ4v) is 20.7. The molecule has 0 radical (unpaired) electrons. The largest absolute Gasteiger partial charge is 0.308 e. The molecule has 0 N–H and O–H groups in total. The first-order valence-corrected chi connectivity index (χ1v) is 39.2. The number of hydrogen-bond donors (Lipinski definition) is 0. The van der Waals surface area contributed by atoms with Crippen LogP contribution in [0, 0.1) is 0 Å². The summed E-state index contributed by atoms with van der Waals surface area (Å²) in [6, 6.07) is 75.9. The van der Waals surface area contributed by atoms with Crippen molar-refractivity contribution in [3.05, 3.63) is 403 Å². The van der Waals surface area contributed by atoms with Gasteiger partial charge in [-0.25, -0.2) is 0 Å². The zero-order valence-electron chi connectivity index (χ0n) is 61.3. The van der Waals surface area contributed by atoms with E-state index in [0.29, 0.717) is 0 Å². The molecule has 12 aliphatic rings. The van der Waals surface area contributed by atoms with Crippen molar-refractivity contribution in [2.75, 3.05) is 19.6 Å². The second-order valence-corrected chi connectivity index (χ2v) is 31.7. The Morgan fingerprint density at radius 1 is 0.170 bits per heavy atom. The van der Waals surface area contributed by atoms with E-state index in [1.54, 1.807) is 0 Å². The van der Waals surface area contributed by atoms with Gasteiger partial charge in [-0.15, -0.1) is 0 Å². The monoisotopic (exact) mass is 1440 g/mol. The van der Waals surface area contributed by atoms with E-state index < -0.39 is 0 Å². The zero-order valence-corrected chi connectivity index (χ0v) is 61.3. The molecule has 0 saturated heterocycles. The first kappa shape index (κ1) is 62.1. The molecular weight excluding hydrogens is 1370 g/mol. The van der Waals surface area contributed by atoms with Gasteiger partial charge in [0, 0.05) is 124 Å². The molecule has 8 aliphatic heterocycles. The fraction of sp³-hybridized carbons (Fsp3) is 0.120. The lowest BCUT2D eigenvalue weighted by molar-refractivity contribution is 0.926. The SMILES string of the molecule is c1ccc2c(c1)Cc1cc3c(cc1-2)N1c2cccnc2Cc2ccnc(c21)C3.c1ccc2c(c1)Cc1cc3c(cc1-2)N1c2cccnc2Cc2cncc(c21)C3.c1ccc2c(c1)Cc1cc3c(cc1-2)N1c2cccnc2Cc2nccc(c21)C3.c1ccc2c(c1)Cc1cc3c(cc1-2)N1c2ccncc2Cc2nccc(c21)C3. The van der Waals surface area contributed by atoms with Crippen LogP contribution in [0.15, 0.2) is 268 Å². The molecule has 0 saturated carbocycles. The first-order valence-electron chi connectivity index (χ1n) is 39.2. The lowest BCUT2D eigenvalue weighted by atomic mass is 9.88. The molecule has 528 valence electrons. The predicted molar refractivity (Wildman–Crippen MR) is 442 cm³/mol. The van der Waals surface area contributed by atoms with Gasteiger partial charge in [0.25, 0.3) is 0 Å². The minimum atomic E-state index is 0.805. The highest BCUT2D eigenvalue weighted by molar-refractivity contribution is 5.97. The van der Waals surface area contributed by atoms with Crippen LogP contribution in [0.1, 0.15) is 134 Å². The number of rotatable bonds is 0. The third-order valence-electron chi connectivity index (χ3n) is 25.5. The number of nitrogens with zero attached hydrogens (tertiary/aromatic N) is 12. The smallest absolute Gasteiger partial charge is 0.0717 e. The molecule has 16 heterocycles. The van der Waals surface area contributed by atoms with E-state index in [1.807, 2.05) is 80.2 Å². The van der Waals surface area contributed by atoms with Crippen LogP contribution in [-0.2, 0) is 77.0 Å². The van der Waals surface area contributed by atoms with Crippen molar-refractivity contribution < 1.29 is 0 Å². The predicted octanol–water partition coefficient (Wildman–Crippen LogP) is 21.3. The van der Waals surface area contributed by atoms with Crippen LogP contribution in [0.25, 0.3) is 44.5 Å². The van der Waals surface area contributed by atoms with E-state index in [4.69, 9.17) is 15.0 Å². The topological polar surface area (TPSA) is 116 Å². The summed E-state index contributed by atoms with van der Waals surface area (Å²) in [6.07, 6.45) is 30.8. The highest BCUT2D eigenvalue weighted by atomic mass is 15.2. The van der Waals surface area contributed by atoms with E-state index in [1.165, 1.54) is 219 Å². The molecule has 8 aromatic heterocycles. The highest BCUT2D eigenvalue weighted by Gasteiger charge is 2.40. The summed E-state index contributed by atoms with van der Waals surface area (Å²) >= 11 is 0. The number of pyridine rings is 8. The summed E-state index contributed by atoms with van der Waals surface area (Å²) in [7, 11) is 0. The van der Waals surface area contributed by atoms with Crippen LogP contribution in [0.5, 0.6) is 0 Å². The molecule has 0 atom stereocenters. The Labute approximate surface area is 647 Å². The van der Waals surface area contributed by atoms with Crippen LogP contribution in [0.3, 0.4) is 0 Å². The van der Waals surface area contributed by atoms with Crippen LogP contribution in [-0.4, -0.2) is 39.9 Å². The molecule has 28 rings (SSSR count). The Morgan fingerprint density at radius 3 is 0.929 bits per heavy atom. The summed E-state index contributed by atoms with van der Waals surface area (Å²) in [5.74, 6) is 0. The van der Waals surface area contributed by atoms with Gasteiger partial charge < -0.3 is 19.6 Å². The summed E-state index contributed by atoms with van der Waals surface area (Å²) in [5, 5.41) is 0. The van der Waals surface area contributed by atoms with Gasteiger partial charge in [0.1, 0.15) is 0 Å². The number of aromatic nitrogens is 8. The number of fused-ring (bicyclic) bond motifs is 28. The Morgan fingerprint density at radius 2 is 0.482 bits per heavy atom. The van der Waals surface area contributed by atoms with Gasteiger partial charge in [0.2, 0.25) is 0 Å². The molecule has 0 fully saturated rings. The number of benzene rings is 8. The van der Waals surface area contributed by atoms with Crippen molar-refractivity contribution in [2.45, 2.75) is 77.0 Å². The van der Waals surface area contributed by atoms with Crippen molar-refractivity contribution in [3.63, 3.8) is 0 Å². The third kappa shape index (κ3) is 9.29. The Kier molecular flexibility index (Phi) is 13.2. The third-order valence-corrected chi connectivity index (χ3v) is 25.5. The molecule has 0 unspecified atom stereocenters. The highest BCUT2D eigenvalue weighted by Crippen LogP contribution is 2.58. The van der Waals surface area contributed by atoms with Crippen LogP contribution in [0.4, 0.5) is 68.2 Å². The van der Waals surface area contributed by atoms with Crippen molar-refractivity contribution in [1.82, 2.24) is 39.9 Å². The molecule has 0 bridgehead atoms. The fourth-order valence-electron chi connectivity index (χ4n) is 20.7. The zero-order chi connectivity index (χ0) is 73.0. The average molecular weight is 1440 g/mol. The van der Waals surface area contributed by atoms with Gasteiger partial charge in [-0.1, -0.05) is 121 Å². The second-order valence-electron chi connectivity index (χ2n) is 31.7. The minimum absolute atomic E-state index is 0.805. The molecule has 12 heteroatoms. The Balaban J connectivity index is 0.0000000847. The minimum Gasteiger partial charge on any atom is -0.308 e. The van der Waals surface area contributed by atoms with E-state index in [-0.39, 0.29) is 0 Å². The lowest BCUT2D eigenvalue weighted by Crippen LogP contribution is -2.26. The van der Waals surface area contributed by atoms with Crippen molar-refractivity contribution >= 4 is 68.2 Å². The molecule has 12 nitrogen and oxygen atoms in total. The first-order chi connectivity index (χ1) is 55.5. The lowest BCUT2D eigenvalue weighted by Gasteiger charge is -2.38. The van der Waals surface area contributed by atoms with Gasteiger partial charge in [-0.2, -0.15) is 0 Å². The second kappa shape index (κ2) is 23.8. The quantitative estimate of drug-likeness (QED) is 0.144. The average Bonchev–Trinajstić information content (AvgIpc) is 1.43. The van der Waals surface area contributed by atoms with Crippen molar-refractivity contribution in [1.29, 1.82) is 0 Å². The normalized spacial score (nSPS) is 14.6. The summed E-state index contributed by atoms with van der Waals surface area (Å²) in [6.45, 7) is 0. The maximum atomic E-state index is 4.75. The van der Waals surface area contributed by atoms with Crippen molar-refractivity contribution in [3.8, 4) is 44.5 Å². The van der Waals surface area contributed by atoms with Gasteiger partial charge in [0.05, 0.1) is 102 Å². The molecule has 16 aromatic rings. The van der Waals surface area contributed by atoms with Crippen LogP contribution in [0.2, 0.25) is 0 Å². The standard InChI is InChI=1S/4C25H17N3/c1-2-5-19-15(4-1)10-17-11-18-13-22-25-16(7-9-27-22)12-21-23(6-3-8-26-21)28(25)24(18)14-20(17)19;1-2-5-19-15(4-1)10-17-12-18-11-16-7-9-27-22-14-21-23(6-3-8-26-21)28(25(16)22)24(18)13-20(17)19;1-2-5-20-15(4-1)8-16-9-17-10-18-13-26-14-19-11-22-23(6-3-7-27-22)28(25(18)19)24(17)12-21(16)20;1-2-4-20-15(3-1)9-17-11-18-10-16-5-8-27-22-12-19-14-26-7-6-23(19)28(25(16)22)24(18)13-21(17)20/h1-9,11,14H,10,12-13H2;1-9,12-13H,10-11,14H2;1-7,9,12-14H,8,10-11H2;1-8,11,13-14H,9-10,12H2. The maximum absolute atomic E-state index is 4.75. The molecule has 0 amide bonds. The molecule has 4 aliphatic carbocycles. The Bertz CT molecular complexity index is 6040. The van der Waals surface area contributed by atoms with Crippen LogP contribution < -0.4 is 19.6 Å². The van der Waals surface area contributed by atoms with Gasteiger partial charge in [0.15, 0.2) is 0 Å². The van der Waals surface area contributed by atoms with Gasteiger partial charge >= 0.3 is 0 Å². The summed E-state index contributed by atoms with van der Waals surface area (Å²) < 4.78 is 0.